The Morgan fingerprint density at radius 1 is 1.29 bits per heavy atom. The topological polar surface area (TPSA) is 67.1 Å². The first-order chi connectivity index (χ1) is 6.77. The third-order valence-corrected chi connectivity index (χ3v) is 2.44. The molecule has 0 aliphatic carbocycles. The lowest BCUT2D eigenvalue weighted by molar-refractivity contribution is 0.225. The summed E-state index contributed by atoms with van der Waals surface area (Å²) in [5.74, 6) is 0.147. The first-order valence-electron chi connectivity index (χ1n) is 4.62. The van der Waals surface area contributed by atoms with Crippen LogP contribution in [0.15, 0.2) is 30.3 Å². The van der Waals surface area contributed by atoms with E-state index < -0.39 is 0 Å². The Morgan fingerprint density at radius 2 is 2.00 bits per heavy atom. The molecule has 1 fully saturated rings. The van der Waals surface area contributed by atoms with Crippen LogP contribution < -0.4 is 16.4 Å². The van der Waals surface area contributed by atoms with Crippen molar-refractivity contribution in [2.24, 2.45) is 5.73 Å². The Kier molecular flexibility index (Phi) is 2.37. The van der Waals surface area contributed by atoms with Gasteiger partial charge in [-0.05, 0) is 5.56 Å². The molecule has 2 amide bonds. The van der Waals surface area contributed by atoms with E-state index in [1.165, 1.54) is 0 Å². The van der Waals surface area contributed by atoms with Crippen molar-refractivity contribution in [1.82, 2.24) is 10.6 Å². The molecule has 4 heteroatoms. The van der Waals surface area contributed by atoms with E-state index in [-0.39, 0.29) is 18.1 Å². The lowest BCUT2D eigenvalue weighted by atomic mass is 9.95. The number of rotatable bonds is 1. The predicted molar refractivity (Wildman–Crippen MR) is 53.7 cm³/mol. The van der Waals surface area contributed by atoms with Gasteiger partial charge in [0, 0.05) is 12.5 Å². The van der Waals surface area contributed by atoms with Gasteiger partial charge in [0.1, 0.15) is 0 Å². The summed E-state index contributed by atoms with van der Waals surface area (Å²) < 4.78 is 0. The fourth-order valence-corrected chi connectivity index (χ4v) is 1.66. The zero-order valence-corrected chi connectivity index (χ0v) is 7.73. The van der Waals surface area contributed by atoms with E-state index in [0.717, 1.165) is 5.56 Å². The van der Waals surface area contributed by atoms with Crippen molar-refractivity contribution >= 4 is 6.03 Å². The lowest BCUT2D eigenvalue weighted by Gasteiger charge is -2.30. The van der Waals surface area contributed by atoms with Crippen molar-refractivity contribution < 1.29 is 4.79 Å². The molecule has 1 aromatic carbocycles. The molecule has 1 saturated heterocycles. The van der Waals surface area contributed by atoms with Gasteiger partial charge in [-0.1, -0.05) is 30.3 Å². The minimum Gasteiger partial charge on any atom is -0.337 e. The highest BCUT2D eigenvalue weighted by Gasteiger charge is 2.26. The molecule has 0 saturated carbocycles. The number of benzene rings is 1. The predicted octanol–water partition coefficient (Wildman–Crippen LogP) is 0.368. The zero-order valence-electron chi connectivity index (χ0n) is 7.73. The fraction of sp³-hybridized carbons (Fsp3) is 0.300. The summed E-state index contributed by atoms with van der Waals surface area (Å²) in [4.78, 5) is 10.9. The Bertz CT molecular complexity index is 325. The van der Waals surface area contributed by atoms with Crippen LogP contribution in [-0.4, -0.2) is 18.7 Å². The second-order valence-electron chi connectivity index (χ2n) is 3.40. The van der Waals surface area contributed by atoms with E-state index in [2.05, 4.69) is 10.6 Å². The van der Waals surface area contributed by atoms with E-state index in [1.54, 1.807) is 0 Å². The lowest BCUT2D eigenvalue weighted by Crippen LogP contribution is -2.57. The van der Waals surface area contributed by atoms with Crippen LogP contribution >= 0.6 is 0 Å². The van der Waals surface area contributed by atoms with Gasteiger partial charge in [0.15, 0.2) is 0 Å². The normalized spacial score (nSPS) is 26.5. The Morgan fingerprint density at radius 3 is 2.64 bits per heavy atom. The third-order valence-electron chi connectivity index (χ3n) is 2.44. The largest absolute Gasteiger partial charge is 0.337 e. The molecule has 0 aromatic heterocycles. The summed E-state index contributed by atoms with van der Waals surface area (Å²) in [6.45, 7) is 0.594. The molecule has 1 aliphatic rings. The van der Waals surface area contributed by atoms with Crippen LogP contribution in [0.4, 0.5) is 4.79 Å². The number of nitrogens with one attached hydrogen (secondary N) is 2. The third kappa shape index (κ3) is 1.70. The molecule has 1 aromatic rings. The molecule has 0 spiro atoms. The molecule has 2 unspecified atom stereocenters. The quantitative estimate of drug-likeness (QED) is 0.600. The van der Waals surface area contributed by atoms with E-state index in [1.807, 2.05) is 30.3 Å². The maximum atomic E-state index is 10.9. The zero-order chi connectivity index (χ0) is 9.97. The van der Waals surface area contributed by atoms with Crippen molar-refractivity contribution in [3.8, 4) is 0 Å². The van der Waals surface area contributed by atoms with Crippen LogP contribution in [0.25, 0.3) is 0 Å². The Labute approximate surface area is 82.5 Å². The second-order valence-corrected chi connectivity index (χ2v) is 3.40. The first kappa shape index (κ1) is 9.02. The van der Waals surface area contributed by atoms with Gasteiger partial charge in [-0.15, -0.1) is 0 Å². The van der Waals surface area contributed by atoms with E-state index in [0.29, 0.717) is 6.54 Å². The maximum absolute atomic E-state index is 10.9. The van der Waals surface area contributed by atoms with Gasteiger partial charge in [-0.25, -0.2) is 4.79 Å². The monoisotopic (exact) mass is 191 g/mol. The molecule has 74 valence electrons. The number of carbonyl (C=O) groups excluding carboxylic acids is 1. The van der Waals surface area contributed by atoms with Gasteiger partial charge in [-0.3, -0.25) is 0 Å². The summed E-state index contributed by atoms with van der Waals surface area (Å²) in [7, 11) is 0. The van der Waals surface area contributed by atoms with Gasteiger partial charge in [0.25, 0.3) is 0 Å². The van der Waals surface area contributed by atoms with Gasteiger partial charge < -0.3 is 16.4 Å². The molecule has 4 N–H and O–H groups in total. The number of urea groups is 1. The smallest absolute Gasteiger partial charge is 0.316 e. The Hall–Kier alpha value is -1.55. The molecule has 2 atom stereocenters. The summed E-state index contributed by atoms with van der Waals surface area (Å²) >= 11 is 0. The van der Waals surface area contributed by atoms with Crippen molar-refractivity contribution in [3.05, 3.63) is 35.9 Å². The molecule has 2 rings (SSSR count). The van der Waals surface area contributed by atoms with E-state index >= 15 is 0 Å². The van der Waals surface area contributed by atoms with Gasteiger partial charge >= 0.3 is 6.03 Å². The van der Waals surface area contributed by atoms with E-state index in [4.69, 9.17) is 5.73 Å². The minimum atomic E-state index is -0.300. The first-order valence-corrected chi connectivity index (χ1v) is 4.62. The highest BCUT2D eigenvalue weighted by Crippen LogP contribution is 2.18. The molecular weight excluding hydrogens is 178 g/mol. The molecule has 4 nitrogen and oxygen atoms in total. The minimum absolute atomic E-state index is 0.147. The average molecular weight is 191 g/mol. The SMILES string of the molecule is NC1NC(=O)NCC1c1ccccc1. The number of hydrogen-bond donors (Lipinski definition) is 3. The van der Waals surface area contributed by atoms with Crippen molar-refractivity contribution in [1.29, 1.82) is 0 Å². The van der Waals surface area contributed by atoms with Crippen LogP contribution in [0.3, 0.4) is 0 Å². The average Bonchev–Trinajstić information content (AvgIpc) is 2.19. The summed E-state index contributed by atoms with van der Waals surface area (Å²) in [5, 5.41) is 5.39. The van der Waals surface area contributed by atoms with Crippen molar-refractivity contribution in [2.45, 2.75) is 12.1 Å². The molecule has 1 aliphatic heterocycles. The Balaban J connectivity index is 2.16. The van der Waals surface area contributed by atoms with Crippen LogP contribution in [-0.2, 0) is 0 Å². The highest BCUT2D eigenvalue weighted by atomic mass is 16.2. The molecule has 14 heavy (non-hydrogen) atoms. The molecule has 1 heterocycles. The van der Waals surface area contributed by atoms with Crippen LogP contribution in [0.5, 0.6) is 0 Å². The summed E-state index contributed by atoms with van der Waals surface area (Å²) in [6.07, 6.45) is -0.300. The summed E-state index contributed by atoms with van der Waals surface area (Å²) in [6, 6.07) is 9.75. The standard InChI is InChI=1S/C10H13N3O/c11-9-8(6-12-10(14)13-9)7-4-2-1-3-5-7/h1-5,8-9H,6,11H2,(H2,12,13,14). The molecule has 0 radical (unpaired) electrons. The van der Waals surface area contributed by atoms with Gasteiger partial charge in [0.05, 0.1) is 6.17 Å². The van der Waals surface area contributed by atoms with Gasteiger partial charge in [0.2, 0.25) is 0 Å². The van der Waals surface area contributed by atoms with Gasteiger partial charge in [-0.2, -0.15) is 0 Å². The fourth-order valence-electron chi connectivity index (χ4n) is 1.66. The molecular formula is C10H13N3O. The second kappa shape index (κ2) is 3.67. The van der Waals surface area contributed by atoms with Crippen LogP contribution in [0, 0.1) is 0 Å². The van der Waals surface area contributed by atoms with Crippen molar-refractivity contribution in [2.75, 3.05) is 6.54 Å². The summed E-state index contributed by atoms with van der Waals surface area (Å²) in [5.41, 5.74) is 6.98. The molecule has 0 bridgehead atoms. The van der Waals surface area contributed by atoms with Crippen molar-refractivity contribution in [3.63, 3.8) is 0 Å². The van der Waals surface area contributed by atoms with E-state index in [9.17, 15) is 4.79 Å². The number of carbonyl (C=O) groups is 1. The van der Waals surface area contributed by atoms with Crippen LogP contribution in [0.1, 0.15) is 11.5 Å². The number of amides is 2. The number of nitrogens with two attached hydrogens (primary N) is 1. The highest BCUT2D eigenvalue weighted by molar-refractivity contribution is 5.75. The number of hydrogen-bond acceptors (Lipinski definition) is 2. The maximum Gasteiger partial charge on any atom is 0.316 e. The van der Waals surface area contributed by atoms with Crippen LogP contribution in [0.2, 0.25) is 0 Å².